The summed E-state index contributed by atoms with van der Waals surface area (Å²) < 4.78 is 23.4. The first kappa shape index (κ1) is 19.2. The summed E-state index contributed by atoms with van der Waals surface area (Å²) in [6.07, 6.45) is 1.85. The second-order valence-electron chi connectivity index (χ2n) is 5.82. The van der Waals surface area contributed by atoms with Crippen LogP contribution in [0.1, 0.15) is 11.1 Å². The normalized spacial score (nSPS) is 10.7. The Morgan fingerprint density at radius 2 is 1.28 bits per heavy atom. The predicted octanol–water partition coefficient (Wildman–Crippen LogP) is 2.81. The minimum Gasteiger partial charge on any atom is -0.493 e. The van der Waals surface area contributed by atoms with E-state index in [0.29, 0.717) is 0 Å². The Morgan fingerprint density at radius 3 is 1.88 bits per heavy atom. The van der Waals surface area contributed by atoms with Crippen LogP contribution in [0.5, 0.6) is 11.5 Å². The molecule has 2 N–H and O–H groups in total. The standard InChI is InChI=1S/C20H27FN2O2/c1-24-19-8-5-17(15-20(19)25-2)10-12-23-14-13-22-11-9-16-3-6-18(21)7-4-16/h3-8,15,22-23H,9-14H2,1-2H3. The van der Waals surface area contributed by atoms with Gasteiger partial charge < -0.3 is 20.1 Å². The molecule has 0 aliphatic carbocycles. The second kappa shape index (κ2) is 10.7. The Kier molecular flexibility index (Phi) is 8.22. The van der Waals surface area contributed by atoms with E-state index in [4.69, 9.17) is 9.47 Å². The zero-order chi connectivity index (χ0) is 17.9. The van der Waals surface area contributed by atoms with Gasteiger partial charge >= 0.3 is 0 Å². The molecule has 0 aliphatic rings. The van der Waals surface area contributed by atoms with E-state index in [1.54, 1.807) is 14.2 Å². The zero-order valence-electron chi connectivity index (χ0n) is 15.0. The average Bonchev–Trinajstić information content (AvgIpc) is 2.65. The van der Waals surface area contributed by atoms with Gasteiger partial charge in [0.2, 0.25) is 0 Å². The molecule has 0 bridgehead atoms. The van der Waals surface area contributed by atoms with Gasteiger partial charge in [-0.05, 0) is 61.3 Å². The van der Waals surface area contributed by atoms with E-state index in [-0.39, 0.29) is 5.82 Å². The van der Waals surface area contributed by atoms with Crippen LogP contribution in [-0.4, -0.2) is 40.4 Å². The molecule has 2 rings (SSSR count). The Morgan fingerprint density at radius 1 is 0.720 bits per heavy atom. The smallest absolute Gasteiger partial charge is 0.160 e. The van der Waals surface area contributed by atoms with Crippen molar-refractivity contribution in [1.29, 1.82) is 0 Å². The van der Waals surface area contributed by atoms with Crippen LogP contribution in [0.2, 0.25) is 0 Å². The average molecular weight is 346 g/mol. The van der Waals surface area contributed by atoms with E-state index in [1.165, 1.54) is 17.7 Å². The first-order chi connectivity index (χ1) is 12.2. The molecule has 0 amide bonds. The van der Waals surface area contributed by atoms with Crippen molar-refractivity contribution < 1.29 is 13.9 Å². The number of ether oxygens (including phenoxy) is 2. The fourth-order valence-electron chi connectivity index (χ4n) is 2.58. The van der Waals surface area contributed by atoms with Crippen molar-refractivity contribution in [3.05, 3.63) is 59.4 Å². The summed E-state index contributed by atoms with van der Waals surface area (Å²) in [4.78, 5) is 0. The van der Waals surface area contributed by atoms with Crippen molar-refractivity contribution in [3.8, 4) is 11.5 Å². The Hall–Kier alpha value is -2.11. The molecule has 4 nitrogen and oxygen atoms in total. The Bertz CT molecular complexity index is 632. The van der Waals surface area contributed by atoms with Crippen molar-refractivity contribution in [1.82, 2.24) is 10.6 Å². The van der Waals surface area contributed by atoms with Crippen LogP contribution in [0.4, 0.5) is 4.39 Å². The summed E-state index contributed by atoms with van der Waals surface area (Å²) in [7, 11) is 3.29. The molecule has 0 aliphatic heterocycles. The number of halogens is 1. The van der Waals surface area contributed by atoms with Crippen molar-refractivity contribution in [2.75, 3.05) is 40.4 Å². The molecule has 0 aromatic heterocycles. The molecule has 5 heteroatoms. The van der Waals surface area contributed by atoms with Crippen LogP contribution in [0.25, 0.3) is 0 Å². The quantitative estimate of drug-likeness (QED) is 0.614. The van der Waals surface area contributed by atoms with Gasteiger partial charge in [-0.15, -0.1) is 0 Å². The fraction of sp³-hybridized carbons (Fsp3) is 0.400. The van der Waals surface area contributed by atoms with Gasteiger partial charge in [-0.3, -0.25) is 0 Å². The molecular formula is C20H27FN2O2. The van der Waals surface area contributed by atoms with E-state index in [2.05, 4.69) is 16.7 Å². The highest BCUT2D eigenvalue weighted by molar-refractivity contribution is 5.42. The van der Waals surface area contributed by atoms with Crippen molar-refractivity contribution >= 4 is 0 Å². The lowest BCUT2D eigenvalue weighted by Crippen LogP contribution is -2.29. The minimum atomic E-state index is -0.185. The molecule has 0 spiro atoms. The van der Waals surface area contributed by atoms with Gasteiger partial charge in [0.25, 0.3) is 0 Å². The summed E-state index contributed by atoms with van der Waals surface area (Å²) in [5.74, 6) is 1.34. The molecule has 0 heterocycles. The van der Waals surface area contributed by atoms with Gasteiger partial charge in [-0.25, -0.2) is 4.39 Å². The molecule has 0 radical (unpaired) electrons. The predicted molar refractivity (Wildman–Crippen MR) is 99.1 cm³/mol. The molecule has 2 aromatic carbocycles. The Labute approximate surface area is 149 Å². The maximum absolute atomic E-state index is 12.8. The molecule has 0 saturated carbocycles. The highest BCUT2D eigenvalue weighted by Gasteiger charge is 2.04. The third kappa shape index (κ3) is 6.72. The van der Waals surface area contributed by atoms with Gasteiger partial charge in [0, 0.05) is 13.1 Å². The molecule has 2 aromatic rings. The number of benzene rings is 2. The lowest BCUT2D eigenvalue weighted by molar-refractivity contribution is 0.354. The van der Waals surface area contributed by atoms with Gasteiger partial charge in [-0.1, -0.05) is 18.2 Å². The highest BCUT2D eigenvalue weighted by Crippen LogP contribution is 2.27. The number of nitrogens with one attached hydrogen (secondary N) is 2. The molecular weight excluding hydrogens is 319 g/mol. The van der Waals surface area contributed by atoms with Gasteiger partial charge in [0.1, 0.15) is 5.82 Å². The Balaban J connectivity index is 1.55. The number of hydrogen-bond acceptors (Lipinski definition) is 4. The summed E-state index contributed by atoms with van der Waals surface area (Å²) in [6, 6.07) is 12.7. The van der Waals surface area contributed by atoms with Gasteiger partial charge in [-0.2, -0.15) is 0 Å². The van der Waals surface area contributed by atoms with E-state index in [1.807, 2.05) is 24.3 Å². The summed E-state index contributed by atoms with van der Waals surface area (Å²) in [6.45, 7) is 3.63. The van der Waals surface area contributed by atoms with Crippen LogP contribution >= 0.6 is 0 Å². The maximum Gasteiger partial charge on any atom is 0.160 e. The minimum absolute atomic E-state index is 0.185. The van der Waals surface area contributed by atoms with Gasteiger partial charge in [0.05, 0.1) is 14.2 Å². The fourth-order valence-corrected chi connectivity index (χ4v) is 2.58. The third-order valence-corrected chi connectivity index (χ3v) is 4.02. The SMILES string of the molecule is COc1ccc(CCNCCNCCc2ccc(F)cc2)cc1OC. The number of rotatable bonds is 11. The van der Waals surface area contributed by atoms with E-state index < -0.39 is 0 Å². The van der Waals surface area contributed by atoms with Crippen LogP contribution in [0.15, 0.2) is 42.5 Å². The number of methoxy groups -OCH3 is 2. The van der Waals surface area contributed by atoms with Gasteiger partial charge in [0.15, 0.2) is 11.5 Å². The lowest BCUT2D eigenvalue weighted by Gasteiger charge is -2.10. The molecule has 0 unspecified atom stereocenters. The molecule has 25 heavy (non-hydrogen) atoms. The second-order valence-corrected chi connectivity index (χ2v) is 5.82. The largest absolute Gasteiger partial charge is 0.493 e. The van der Waals surface area contributed by atoms with Crippen molar-refractivity contribution in [2.45, 2.75) is 12.8 Å². The first-order valence-electron chi connectivity index (χ1n) is 8.59. The van der Waals surface area contributed by atoms with E-state index in [9.17, 15) is 4.39 Å². The zero-order valence-corrected chi connectivity index (χ0v) is 15.0. The third-order valence-electron chi connectivity index (χ3n) is 4.02. The van der Waals surface area contributed by atoms with E-state index in [0.717, 1.165) is 56.1 Å². The lowest BCUT2D eigenvalue weighted by atomic mass is 10.1. The highest BCUT2D eigenvalue weighted by atomic mass is 19.1. The monoisotopic (exact) mass is 346 g/mol. The van der Waals surface area contributed by atoms with E-state index >= 15 is 0 Å². The molecule has 0 atom stereocenters. The first-order valence-corrected chi connectivity index (χ1v) is 8.59. The van der Waals surface area contributed by atoms with Crippen molar-refractivity contribution in [3.63, 3.8) is 0 Å². The van der Waals surface area contributed by atoms with Crippen LogP contribution in [0, 0.1) is 5.82 Å². The maximum atomic E-state index is 12.8. The topological polar surface area (TPSA) is 42.5 Å². The molecule has 0 saturated heterocycles. The summed E-state index contributed by atoms with van der Waals surface area (Å²) in [5.41, 5.74) is 2.37. The van der Waals surface area contributed by atoms with Crippen LogP contribution in [-0.2, 0) is 12.8 Å². The van der Waals surface area contributed by atoms with Crippen LogP contribution in [0.3, 0.4) is 0 Å². The number of hydrogen-bond donors (Lipinski definition) is 2. The summed E-state index contributed by atoms with van der Waals surface area (Å²) >= 11 is 0. The van der Waals surface area contributed by atoms with Crippen molar-refractivity contribution in [2.24, 2.45) is 0 Å². The van der Waals surface area contributed by atoms with Crippen LogP contribution < -0.4 is 20.1 Å². The molecule has 136 valence electrons. The molecule has 0 fully saturated rings. The summed E-state index contributed by atoms with van der Waals surface area (Å²) in [5, 5.41) is 6.81.